The Morgan fingerprint density at radius 1 is 1.15 bits per heavy atom. The van der Waals surface area contributed by atoms with Gasteiger partial charge in [-0.3, -0.25) is 4.40 Å². The van der Waals surface area contributed by atoms with Gasteiger partial charge in [0, 0.05) is 28.5 Å². The van der Waals surface area contributed by atoms with E-state index in [4.69, 9.17) is 18.9 Å². The Kier molecular flexibility index (Phi) is 4.68. The zero-order valence-electron chi connectivity index (χ0n) is 14.7. The van der Waals surface area contributed by atoms with E-state index in [-0.39, 0.29) is 0 Å². The molecule has 4 aromatic rings. The number of rotatable bonds is 5. The molecule has 0 bridgehead atoms. The van der Waals surface area contributed by atoms with E-state index < -0.39 is 0 Å². The van der Waals surface area contributed by atoms with Gasteiger partial charge in [-0.1, -0.05) is 0 Å². The lowest BCUT2D eigenvalue weighted by Gasteiger charge is -2.07. The van der Waals surface area contributed by atoms with Crippen LogP contribution in [-0.4, -0.2) is 29.8 Å². The number of methoxy groups -OCH3 is 2. The Bertz CT molecular complexity index is 1120. The summed E-state index contributed by atoms with van der Waals surface area (Å²) in [6.07, 6.45) is 5.29. The molecular weight excluding hydrogens is 410 g/mol. The molecular formula is C20H16BrN3O3. The normalized spacial score (nSPS) is 11.4. The second-order valence-electron chi connectivity index (χ2n) is 5.70. The van der Waals surface area contributed by atoms with Gasteiger partial charge in [-0.15, -0.1) is 0 Å². The zero-order valence-corrected chi connectivity index (χ0v) is 16.3. The van der Waals surface area contributed by atoms with Crippen LogP contribution in [0.2, 0.25) is 0 Å². The second-order valence-corrected chi connectivity index (χ2v) is 6.62. The highest BCUT2D eigenvalue weighted by atomic mass is 79.9. The largest absolute Gasteiger partial charge is 0.497 e. The summed E-state index contributed by atoms with van der Waals surface area (Å²) < 4.78 is 19.1. The van der Waals surface area contributed by atoms with Crippen molar-refractivity contribution < 1.29 is 13.9 Å². The third-order valence-corrected chi connectivity index (χ3v) is 4.55. The Labute approximate surface area is 164 Å². The minimum absolute atomic E-state index is 0.656. The van der Waals surface area contributed by atoms with Crippen molar-refractivity contribution in [2.24, 2.45) is 4.99 Å². The standard InChI is InChI=1S/C20H16BrN3O3/c1-25-15-7-5-13(17(10-15)26-2)11-22-20-19(16-4-3-9-27-16)23-18-8-6-14(21)12-24(18)20/h3-12H,1-2H3. The molecule has 0 spiro atoms. The predicted octanol–water partition coefficient (Wildman–Crippen LogP) is 5.12. The first-order chi connectivity index (χ1) is 13.2. The molecule has 3 aromatic heterocycles. The molecule has 0 aliphatic carbocycles. The van der Waals surface area contributed by atoms with Crippen LogP contribution >= 0.6 is 15.9 Å². The Morgan fingerprint density at radius 2 is 2.04 bits per heavy atom. The molecule has 3 heterocycles. The number of halogens is 1. The van der Waals surface area contributed by atoms with E-state index in [1.807, 2.05) is 53.1 Å². The lowest BCUT2D eigenvalue weighted by atomic mass is 10.2. The summed E-state index contributed by atoms with van der Waals surface area (Å²) >= 11 is 3.50. The van der Waals surface area contributed by atoms with Gasteiger partial charge in [0.25, 0.3) is 0 Å². The third kappa shape index (κ3) is 3.33. The average molecular weight is 426 g/mol. The van der Waals surface area contributed by atoms with Gasteiger partial charge in [0.1, 0.15) is 17.1 Å². The zero-order chi connectivity index (χ0) is 18.8. The first-order valence-corrected chi connectivity index (χ1v) is 8.96. The van der Waals surface area contributed by atoms with Crippen molar-refractivity contribution in [2.45, 2.75) is 0 Å². The molecule has 0 saturated carbocycles. The van der Waals surface area contributed by atoms with Gasteiger partial charge in [-0.25, -0.2) is 9.98 Å². The van der Waals surface area contributed by atoms with E-state index in [2.05, 4.69) is 20.9 Å². The van der Waals surface area contributed by atoms with Gasteiger partial charge in [0.05, 0.1) is 20.5 Å². The van der Waals surface area contributed by atoms with Crippen molar-refractivity contribution in [3.8, 4) is 23.0 Å². The maximum absolute atomic E-state index is 5.54. The van der Waals surface area contributed by atoms with Gasteiger partial charge >= 0.3 is 0 Å². The molecule has 1 aromatic carbocycles. The van der Waals surface area contributed by atoms with Gasteiger partial charge in [-0.05, 0) is 52.3 Å². The third-order valence-electron chi connectivity index (χ3n) is 4.08. The Morgan fingerprint density at radius 3 is 2.78 bits per heavy atom. The molecule has 0 fully saturated rings. The molecule has 0 radical (unpaired) electrons. The maximum Gasteiger partial charge on any atom is 0.168 e. The predicted molar refractivity (Wildman–Crippen MR) is 107 cm³/mol. The van der Waals surface area contributed by atoms with E-state index in [9.17, 15) is 0 Å². The van der Waals surface area contributed by atoms with E-state index in [0.717, 1.165) is 21.4 Å². The average Bonchev–Trinajstić information content (AvgIpc) is 3.33. The van der Waals surface area contributed by atoms with Crippen LogP contribution in [0.4, 0.5) is 5.82 Å². The number of ether oxygens (including phenoxy) is 2. The summed E-state index contributed by atoms with van der Waals surface area (Å²) in [4.78, 5) is 9.36. The first kappa shape index (κ1) is 17.4. The molecule has 0 unspecified atom stereocenters. The highest BCUT2D eigenvalue weighted by Crippen LogP contribution is 2.32. The molecule has 0 N–H and O–H groups in total. The van der Waals surface area contributed by atoms with E-state index in [1.165, 1.54) is 0 Å². The second kappa shape index (κ2) is 7.28. The Balaban J connectivity index is 1.85. The molecule has 136 valence electrons. The van der Waals surface area contributed by atoms with Crippen molar-refractivity contribution in [3.63, 3.8) is 0 Å². The number of furan rings is 1. The molecule has 27 heavy (non-hydrogen) atoms. The molecule has 7 heteroatoms. The number of benzene rings is 1. The number of aromatic nitrogens is 2. The van der Waals surface area contributed by atoms with E-state index in [1.54, 1.807) is 26.7 Å². The quantitative estimate of drug-likeness (QED) is 0.416. The molecule has 0 saturated heterocycles. The summed E-state index contributed by atoms with van der Waals surface area (Å²) in [5.41, 5.74) is 2.27. The fourth-order valence-corrected chi connectivity index (χ4v) is 3.10. The summed E-state index contributed by atoms with van der Waals surface area (Å²) in [7, 11) is 3.24. The highest BCUT2D eigenvalue weighted by Gasteiger charge is 2.16. The van der Waals surface area contributed by atoms with Crippen molar-refractivity contribution >= 4 is 33.6 Å². The molecule has 6 nitrogen and oxygen atoms in total. The number of fused-ring (bicyclic) bond motifs is 1. The number of hydrogen-bond donors (Lipinski definition) is 0. The van der Waals surface area contributed by atoms with Gasteiger partial charge in [0.2, 0.25) is 0 Å². The van der Waals surface area contributed by atoms with Crippen LogP contribution in [0.1, 0.15) is 5.56 Å². The van der Waals surface area contributed by atoms with Crippen LogP contribution in [0.15, 0.2) is 68.8 Å². The van der Waals surface area contributed by atoms with E-state index >= 15 is 0 Å². The number of hydrogen-bond acceptors (Lipinski definition) is 5. The molecule has 4 rings (SSSR count). The molecule has 0 amide bonds. The summed E-state index contributed by atoms with van der Waals surface area (Å²) in [5, 5.41) is 0. The summed E-state index contributed by atoms with van der Waals surface area (Å²) in [6, 6.07) is 13.1. The van der Waals surface area contributed by atoms with Crippen LogP contribution in [0.25, 0.3) is 17.1 Å². The number of imidazole rings is 1. The van der Waals surface area contributed by atoms with Crippen molar-refractivity contribution in [3.05, 3.63) is 65.0 Å². The topological polar surface area (TPSA) is 61.3 Å². The van der Waals surface area contributed by atoms with Crippen molar-refractivity contribution in [1.29, 1.82) is 0 Å². The number of nitrogens with zero attached hydrogens (tertiary/aromatic N) is 3. The smallest absolute Gasteiger partial charge is 0.168 e. The van der Waals surface area contributed by atoms with Crippen LogP contribution in [0.5, 0.6) is 11.5 Å². The lowest BCUT2D eigenvalue weighted by molar-refractivity contribution is 0.394. The van der Waals surface area contributed by atoms with Crippen LogP contribution in [0.3, 0.4) is 0 Å². The first-order valence-electron chi connectivity index (χ1n) is 8.17. The molecule has 0 aliphatic rings. The number of aliphatic imine (C=N–C) groups is 1. The fourth-order valence-electron chi connectivity index (χ4n) is 2.76. The van der Waals surface area contributed by atoms with Gasteiger partial charge in [0.15, 0.2) is 17.3 Å². The van der Waals surface area contributed by atoms with Gasteiger partial charge in [-0.2, -0.15) is 0 Å². The number of pyridine rings is 1. The van der Waals surface area contributed by atoms with Crippen molar-refractivity contribution in [1.82, 2.24) is 9.38 Å². The lowest BCUT2D eigenvalue weighted by Crippen LogP contribution is -1.93. The minimum Gasteiger partial charge on any atom is -0.497 e. The van der Waals surface area contributed by atoms with E-state index in [0.29, 0.717) is 23.0 Å². The van der Waals surface area contributed by atoms with Crippen LogP contribution < -0.4 is 9.47 Å². The molecule has 0 aliphatic heterocycles. The molecule has 0 atom stereocenters. The maximum atomic E-state index is 5.54. The van der Waals surface area contributed by atoms with Crippen LogP contribution in [-0.2, 0) is 0 Å². The van der Waals surface area contributed by atoms with Gasteiger partial charge < -0.3 is 13.9 Å². The highest BCUT2D eigenvalue weighted by molar-refractivity contribution is 9.10. The minimum atomic E-state index is 0.656. The summed E-state index contributed by atoms with van der Waals surface area (Å²) in [6.45, 7) is 0. The monoisotopic (exact) mass is 425 g/mol. The SMILES string of the molecule is COc1ccc(C=Nc2c(-c3ccco3)nc3ccc(Br)cn23)c(OC)c1. The van der Waals surface area contributed by atoms with Crippen molar-refractivity contribution in [2.75, 3.05) is 14.2 Å². The fraction of sp³-hybridized carbons (Fsp3) is 0.100. The van der Waals surface area contributed by atoms with Crippen LogP contribution in [0, 0.1) is 0 Å². The Hall–Kier alpha value is -3.06. The summed E-state index contributed by atoms with van der Waals surface area (Å²) in [5.74, 6) is 2.72.